The molecule has 0 aliphatic heterocycles. The summed E-state index contributed by atoms with van der Waals surface area (Å²) in [6.45, 7) is 5.74. The monoisotopic (exact) mass is 366 g/mol. The molecule has 132 valence electrons. The van der Waals surface area contributed by atoms with Gasteiger partial charge in [0.1, 0.15) is 0 Å². The van der Waals surface area contributed by atoms with Crippen LogP contribution in [0, 0.1) is 20.8 Å². The molecular formula is C20H19ClN4O. The molecule has 4 rings (SSSR count). The van der Waals surface area contributed by atoms with Crippen molar-refractivity contribution in [2.75, 3.05) is 0 Å². The molecule has 5 nitrogen and oxygen atoms in total. The molecule has 0 radical (unpaired) electrons. The highest BCUT2D eigenvalue weighted by Gasteiger charge is 2.32. The number of carbonyl (C=O) groups is 1. The summed E-state index contributed by atoms with van der Waals surface area (Å²) in [7, 11) is 0. The van der Waals surface area contributed by atoms with Crippen LogP contribution in [-0.2, 0) is 6.42 Å². The standard InChI is InChI=1S/C20H19ClN4O/c1-11-8-12(2)23-20(22-11)25-17-9-15(14-4-6-16(21)7-5-14)10-18(26)19(17)13(3)24-25/h4-8,15H,9-10H2,1-3H3/t15-/m1/s1. The van der Waals surface area contributed by atoms with Crippen LogP contribution in [0.25, 0.3) is 5.95 Å². The average molecular weight is 367 g/mol. The van der Waals surface area contributed by atoms with Gasteiger partial charge in [-0.3, -0.25) is 4.79 Å². The zero-order valence-corrected chi connectivity index (χ0v) is 15.7. The molecule has 0 unspecified atom stereocenters. The number of ketones is 1. The largest absolute Gasteiger partial charge is 0.294 e. The van der Waals surface area contributed by atoms with Crippen LogP contribution in [0.2, 0.25) is 5.02 Å². The van der Waals surface area contributed by atoms with Crippen molar-refractivity contribution >= 4 is 17.4 Å². The number of aryl methyl sites for hydroxylation is 3. The Hall–Kier alpha value is -2.53. The Kier molecular flexibility index (Phi) is 4.11. The van der Waals surface area contributed by atoms with Crippen molar-refractivity contribution in [2.45, 2.75) is 39.5 Å². The number of carbonyl (C=O) groups excluding carboxylic acids is 1. The van der Waals surface area contributed by atoms with E-state index in [2.05, 4.69) is 15.1 Å². The quantitative estimate of drug-likeness (QED) is 0.683. The van der Waals surface area contributed by atoms with Crippen LogP contribution in [0.15, 0.2) is 30.3 Å². The van der Waals surface area contributed by atoms with Gasteiger partial charge in [-0.05, 0) is 56.9 Å². The first kappa shape index (κ1) is 16.9. The minimum absolute atomic E-state index is 0.105. The Morgan fingerprint density at radius 3 is 2.35 bits per heavy atom. The number of benzene rings is 1. The fourth-order valence-corrected chi connectivity index (χ4v) is 3.82. The molecule has 0 saturated heterocycles. The van der Waals surface area contributed by atoms with Crippen molar-refractivity contribution in [3.63, 3.8) is 0 Å². The molecule has 0 bridgehead atoms. The van der Waals surface area contributed by atoms with Gasteiger partial charge in [-0.1, -0.05) is 23.7 Å². The molecule has 2 aromatic heterocycles. The lowest BCUT2D eigenvalue weighted by atomic mass is 9.81. The molecule has 1 aliphatic rings. The van der Waals surface area contributed by atoms with Gasteiger partial charge in [0.25, 0.3) is 5.95 Å². The lowest BCUT2D eigenvalue weighted by molar-refractivity contribution is 0.0963. The predicted octanol–water partition coefficient (Wildman–Crippen LogP) is 4.15. The van der Waals surface area contributed by atoms with Crippen molar-refractivity contribution in [3.05, 3.63) is 69.3 Å². The molecule has 0 saturated carbocycles. The minimum Gasteiger partial charge on any atom is -0.294 e. The number of aromatic nitrogens is 4. The number of hydrogen-bond acceptors (Lipinski definition) is 4. The van der Waals surface area contributed by atoms with Gasteiger partial charge >= 0.3 is 0 Å². The number of rotatable bonds is 2. The molecule has 0 fully saturated rings. The van der Waals surface area contributed by atoms with E-state index in [4.69, 9.17) is 11.6 Å². The number of halogens is 1. The zero-order chi connectivity index (χ0) is 18.4. The molecule has 0 amide bonds. The highest BCUT2D eigenvalue weighted by Crippen LogP contribution is 2.35. The van der Waals surface area contributed by atoms with Gasteiger partial charge in [0, 0.05) is 22.8 Å². The molecule has 0 spiro atoms. The molecule has 1 aliphatic carbocycles. The zero-order valence-electron chi connectivity index (χ0n) is 15.0. The van der Waals surface area contributed by atoms with Gasteiger partial charge in [0.05, 0.1) is 17.0 Å². The fourth-order valence-electron chi connectivity index (χ4n) is 3.70. The van der Waals surface area contributed by atoms with Crippen LogP contribution >= 0.6 is 11.6 Å². The maximum Gasteiger partial charge on any atom is 0.251 e. The SMILES string of the molecule is Cc1cc(C)nc(-n2nc(C)c3c2C[C@@H](c2ccc(Cl)cc2)CC3=O)n1. The summed E-state index contributed by atoms with van der Waals surface area (Å²) in [6, 6.07) is 9.64. The third-order valence-electron chi connectivity index (χ3n) is 4.81. The first-order valence-electron chi connectivity index (χ1n) is 8.62. The van der Waals surface area contributed by atoms with Crippen molar-refractivity contribution < 1.29 is 4.79 Å². The van der Waals surface area contributed by atoms with Crippen molar-refractivity contribution in [3.8, 4) is 5.95 Å². The molecule has 3 aromatic rings. The van der Waals surface area contributed by atoms with Gasteiger partial charge in [-0.2, -0.15) is 5.10 Å². The summed E-state index contributed by atoms with van der Waals surface area (Å²) in [4.78, 5) is 21.9. The van der Waals surface area contributed by atoms with Gasteiger partial charge in [0.15, 0.2) is 5.78 Å². The van der Waals surface area contributed by atoms with Crippen LogP contribution in [0.5, 0.6) is 0 Å². The Labute approximate surface area is 157 Å². The Balaban J connectivity index is 1.81. The highest BCUT2D eigenvalue weighted by atomic mass is 35.5. The topological polar surface area (TPSA) is 60.7 Å². The third-order valence-corrected chi connectivity index (χ3v) is 5.06. The summed E-state index contributed by atoms with van der Waals surface area (Å²) < 4.78 is 1.74. The molecule has 1 atom stereocenters. The predicted molar refractivity (Wildman–Crippen MR) is 100 cm³/mol. The van der Waals surface area contributed by atoms with Crippen LogP contribution in [0.4, 0.5) is 0 Å². The van der Waals surface area contributed by atoms with Gasteiger partial charge in [-0.15, -0.1) is 0 Å². The van der Waals surface area contributed by atoms with E-state index in [1.807, 2.05) is 51.1 Å². The maximum absolute atomic E-state index is 12.8. The second-order valence-corrected chi connectivity index (χ2v) is 7.29. The van der Waals surface area contributed by atoms with E-state index < -0.39 is 0 Å². The lowest BCUT2D eigenvalue weighted by Crippen LogP contribution is -2.21. The summed E-state index contributed by atoms with van der Waals surface area (Å²) in [5.41, 5.74) is 5.22. The lowest BCUT2D eigenvalue weighted by Gasteiger charge is -2.23. The van der Waals surface area contributed by atoms with E-state index in [-0.39, 0.29) is 11.7 Å². The average Bonchev–Trinajstić information content (AvgIpc) is 2.92. The summed E-state index contributed by atoms with van der Waals surface area (Å²) in [5, 5.41) is 5.28. The number of hydrogen-bond donors (Lipinski definition) is 0. The van der Waals surface area contributed by atoms with Gasteiger partial charge < -0.3 is 0 Å². The molecule has 2 heterocycles. The molecule has 6 heteroatoms. The van der Waals surface area contributed by atoms with Crippen molar-refractivity contribution in [1.82, 2.24) is 19.7 Å². The second kappa shape index (κ2) is 6.32. The van der Waals surface area contributed by atoms with Crippen LogP contribution in [0.3, 0.4) is 0 Å². The van der Waals surface area contributed by atoms with Crippen LogP contribution < -0.4 is 0 Å². The Bertz CT molecular complexity index is 987. The van der Waals surface area contributed by atoms with Crippen LogP contribution in [0.1, 0.15) is 51.0 Å². The smallest absolute Gasteiger partial charge is 0.251 e. The molecular weight excluding hydrogens is 348 g/mol. The number of nitrogens with zero attached hydrogens (tertiary/aromatic N) is 4. The molecule has 26 heavy (non-hydrogen) atoms. The second-order valence-electron chi connectivity index (χ2n) is 6.85. The molecule has 0 N–H and O–H groups in total. The number of fused-ring (bicyclic) bond motifs is 1. The van der Waals surface area contributed by atoms with Crippen molar-refractivity contribution in [1.29, 1.82) is 0 Å². The van der Waals surface area contributed by atoms with E-state index in [0.717, 1.165) is 40.3 Å². The first-order valence-corrected chi connectivity index (χ1v) is 9.00. The van der Waals surface area contributed by atoms with E-state index in [9.17, 15) is 4.79 Å². The van der Waals surface area contributed by atoms with E-state index in [1.165, 1.54) is 0 Å². The van der Waals surface area contributed by atoms with E-state index in [1.54, 1.807) is 4.68 Å². The summed E-state index contributed by atoms with van der Waals surface area (Å²) >= 11 is 6.00. The Morgan fingerprint density at radius 1 is 1.04 bits per heavy atom. The van der Waals surface area contributed by atoms with E-state index in [0.29, 0.717) is 17.4 Å². The first-order chi connectivity index (χ1) is 12.4. The van der Waals surface area contributed by atoms with Gasteiger partial charge in [-0.25, -0.2) is 14.6 Å². The number of Topliss-reactive ketones (excluding diaryl/α,β-unsaturated/α-hetero) is 1. The maximum atomic E-state index is 12.8. The summed E-state index contributed by atoms with van der Waals surface area (Å²) in [6.07, 6.45) is 1.20. The fraction of sp³-hybridized carbons (Fsp3) is 0.300. The normalized spacial score (nSPS) is 16.6. The Morgan fingerprint density at radius 2 is 1.69 bits per heavy atom. The van der Waals surface area contributed by atoms with E-state index >= 15 is 0 Å². The highest BCUT2D eigenvalue weighted by molar-refractivity contribution is 6.30. The third kappa shape index (κ3) is 2.92. The minimum atomic E-state index is 0.105. The van der Waals surface area contributed by atoms with Crippen LogP contribution in [-0.4, -0.2) is 25.5 Å². The summed E-state index contributed by atoms with van der Waals surface area (Å²) in [5.74, 6) is 0.753. The molecule has 1 aromatic carbocycles. The van der Waals surface area contributed by atoms with Gasteiger partial charge in [0.2, 0.25) is 0 Å². The van der Waals surface area contributed by atoms with Crippen molar-refractivity contribution in [2.24, 2.45) is 0 Å².